The summed E-state index contributed by atoms with van der Waals surface area (Å²) in [5, 5.41) is 0. The monoisotopic (exact) mass is 490 g/mol. The van der Waals surface area contributed by atoms with Crippen molar-refractivity contribution < 1.29 is 14.3 Å². The second-order valence-corrected chi connectivity index (χ2v) is 9.69. The van der Waals surface area contributed by atoms with E-state index in [1.807, 2.05) is 24.3 Å². The number of hydrogen-bond acceptors (Lipinski definition) is 5. The van der Waals surface area contributed by atoms with Crippen molar-refractivity contribution in [1.29, 1.82) is 0 Å². The molecule has 0 saturated carbocycles. The van der Waals surface area contributed by atoms with Gasteiger partial charge >= 0.3 is 5.97 Å². The number of benzene rings is 1. The molecular formula is C30H54N2O3. The Kier molecular flexibility index (Phi) is 19.7. The predicted molar refractivity (Wildman–Crippen MR) is 148 cm³/mol. The Balaban J connectivity index is 2.26. The molecule has 0 atom stereocenters. The highest BCUT2D eigenvalue weighted by atomic mass is 16.5. The van der Waals surface area contributed by atoms with E-state index < -0.39 is 0 Å². The molecule has 0 heterocycles. The van der Waals surface area contributed by atoms with Crippen LogP contribution in [0.1, 0.15) is 108 Å². The van der Waals surface area contributed by atoms with Crippen LogP contribution < -0.4 is 0 Å². The Morgan fingerprint density at radius 2 is 1.06 bits per heavy atom. The van der Waals surface area contributed by atoms with Gasteiger partial charge in [0.25, 0.3) is 0 Å². The third-order valence-electron chi connectivity index (χ3n) is 6.38. The minimum absolute atomic E-state index is 0.231. The first kappa shape index (κ1) is 31.6. The number of esters is 1. The van der Waals surface area contributed by atoms with E-state index in [0.717, 1.165) is 51.2 Å². The zero-order valence-corrected chi connectivity index (χ0v) is 23.4. The second-order valence-electron chi connectivity index (χ2n) is 9.69. The summed E-state index contributed by atoms with van der Waals surface area (Å²) in [4.78, 5) is 17.5. The molecule has 35 heavy (non-hydrogen) atoms. The number of nitrogens with zero attached hydrogens (tertiary/aromatic N) is 2. The Bertz CT molecular complexity index is 605. The molecule has 0 aliphatic rings. The van der Waals surface area contributed by atoms with Crippen LogP contribution in [-0.2, 0) is 16.1 Å². The minimum atomic E-state index is -0.231. The number of ether oxygens (including phenoxy) is 2. The topological polar surface area (TPSA) is 42.0 Å². The lowest BCUT2D eigenvalue weighted by molar-refractivity contribution is 0.0487. The molecule has 0 N–H and O–H groups in total. The van der Waals surface area contributed by atoms with E-state index in [-0.39, 0.29) is 5.97 Å². The van der Waals surface area contributed by atoms with E-state index in [1.165, 1.54) is 64.5 Å². The van der Waals surface area contributed by atoms with E-state index in [2.05, 4.69) is 37.5 Å². The summed E-state index contributed by atoms with van der Waals surface area (Å²) in [6.45, 7) is 17.6. The average Bonchev–Trinajstić information content (AvgIpc) is 2.88. The summed E-state index contributed by atoms with van der Waals surface area (Å²) in [7, 11) is 0. The molecule has 5 heteroatoms. The average molecular weight is 491 g/mol. The maximum atomic E-state index is 12.4. The Hall–Kier alpha value is -1.43. The minimum Gasteiger partial charge on any atom is -0.462 e. The van der Waals surface area contributed by atoms with E-state index >= 15 is 0 Å². The van der Waals surface area contributed by atoms with Crippen molar-refractivity contribution in [2.45, 2.75) is 98.5 Å². The fraction of sp³-hybridized carbons (Fsp3) is 0.767. The van der Waals surface area contributed by atoms with E-state index in [9.17, 15) is 4.79 Å². The summed E-state index contributed by atoms with van der Waals surface area (Å²) in [6, 6.07) is 7.66. The van der Waals surface area contributed by atoms with Gasteiger partial charge in [-0.25, -0.2) is 4.79 Å². The SMILES string of the molecule is CCCCN(CCCC)CCCOCc1ccc(C(=O)OCCCN(CCCC)CCCC)cc1. The number of hydrogen-bond donors (Lipinski definition) is 0. The van der Waals surface area contributed by atoms with Crippen LogP contribution in [0.25, 0.3) is 0 Å². The first-order valence-corrected chi connectivity index (χ1v) is 14.4. The lowest BCUT2D eigenvalue weighted by Gasteiger charge is -2.21. The summed E-state index contributed by atoms with van der Waals surface area (Å²) in [5.41, 5.74) is 1.71. The van der Waals surface area contributed by atoms with Gasteiger partial charge in [0.2, 0.25) is 0 Å². The molecule has 0 aliphatic carbocycles. The van der Waals surface area contributed by atoms with Crippen LogP contribution in [0.3, 0.4) is 0 Å². The van der Waals surface area contributed by atoms with Crippen molar-refractivity contribution in [3.63, 3.8) is 0 Å². The Morgan fingerprint density at radius 3 is 1.51 bits per heavy atom. The van der Waals surface area contributed by atoms with Crippen LogP contribution in [0.5, 0.6) is 0 Å². The summed E-state index contributed by atoms with van der Waals surface area (Å²) >= 11 is 0. The molecule has 1 aromatic rings. The normalized spacial score (nSPS) is 11.5. The zero-order chi connectivity index (χ0) is 25.6. The third-order valence-corrected chi connectivity index (χ3v) is 6.38. The van der Waals surface area contributed by atoms with Crippen molar-refractivity contribution in [3.05, 3.63) is 35.4 Å². The standard InChI is InChI=1S/C30H54N2O3/c1-5-9-19-31(20-10-6-2)23-13-25-34-27-28-15-17-29(18-16-28)30(33)35-26-14-24-32(21-11-7-3)22-12-8-4/h15-18H,5-14,19-27H2,1-4H3. The smallest absolute Gasteiger partial charge is 0.338 e. The van der Waals surface area contributed by atoms with Crippen molar-refractivity contribution in [1.82, 2.24) is 9.80 Å². The fourth-order valence-electron chi connectivity index (χ4n) is 4.05. The molecule has 5 nitrogen and oxygen atoms in total. The summed E-state index contributed by atoms with van der Waals surface area (Å²) < 4.78 is 11.4. The molecular weight excluding hydrogens is 436 g/mol. The molecule has 0 fully saturated rings. The van der Waals surface area contributed by atoms with E-state index in [4.69, 9.17) is 9.47 Å². The summed E-state index contributed by atoms with van der Waals surface area (Å²) in [6.07, 6.45) is 11.9. The van der Waals surface area contributed by atoms with Crippen LogP contribution in [0.15, 0.2) is 24.3 Å². The van der Waals surface area contributed by atoms with Gasteiger partial charge in [-0.2, -0.15) is 0 Å². The molecule has 1 aromatic carbocycles. The van der Waals surface area contributed by atoms with Crippen molar-refractivity contribution in [2.75, 3.05) is 52.5 Å². The number of rotatable bonds is 23. The van der Waals surface area contributed by atoms with Gasteiger partial charge in [-0.1, -0.05) is 65.5 Å². The molecule has 0 amide bonds. The van der Waals surface area contributed by atoms with E-state index in [0.29, 0.717) is 18.8 Å². The van der Waals surface area contributed by atoms with Gasteiger partial charge in [0.15, 0.2) is 0 Å². The zero-order valence-electron chi connectivity index (χ0n) is 23.4. The quantitative estimate of drug-likeness (QED) is 0.123. The van der Waals surface area contributed by atoms with Crippen LogP contribution in [0, 0.1) is 0 Å². The second kappa shape index (κ2) is 21.8. The van der Waals surface area contributed by atoms with Gasteiger partial charge in [0.05, 0.1) is 18.8 Å². The molecule has 0 spiro atoms. The maximum Gasteiger partial charge on any atom is 0.338 e. The molecule has 0 unspecified atom stereocenters. The molecule has 0 bridgehead atoms. The highest BCUT2D eigenvalue weighted by molar-refractivity contribution is 5.89. The van der Waals surface area contributed by atoms with Gasteiger partial charge in [0.1, 0.15) is 0 Å². The molecule has 0 saturated heterocycles. The lowest BCUT2D eigenvalue weighted by Crippen LogP contribution is -2.28. The van der Waals surface area contributed by atoms with E-state index in [1.54, 1.807) is 0 Å². The first-order chi connectivity index (χ1) is 17.1. The maximum absolute atomic E-state index is 12.4. The Morgan fingerprint density at radius 1 is 0.629 bits per heavy atom. The van der Waals surface area contributed by atoms with Crippen LogP contribution in [-0.4, -0.2) is 68.3 Å². The predicted octanol–water partition coefficient (Wildman–Crippen LogP) is 6.94. The highest BCUT2D eigenvalue weighted by Crippen LogP contribution is 2.09. The number of carbonyl (C=O) groups is 1. The van der Waals surface area contributed by atoms with Gasteiger partial charge in [-0.15, -0.1) is 0 Å². The fourth-order valence-corrected chi connectivity index (χ4v) is 4.05. The molecule has 0 radical (unpaired) electrons. The summed E-state index contributed by atoms with van der Waals surface area (Å²) in [5.74, 6) is -0.231. The van der Waals surface area contributed by atoms with Crippen molar-refractivity contribution in [2.24, 2.45) is 0 Å². The Labute approximate surface area is 216 Å². The third kappa shape index (κ3) is 16.0. The molecule has 0 aromatic heterocycles. The molecule has 202 valence electrons. The van der Waals surface area contributed by atoms with Gasteiger partial charge in [-0.05, 0) is 82.4 Å². The van der Waals surface area contributed by atoms with Crippen LogP contribution in [0.4, 0.5) is 0 Å². The van der Waals surface area contributed by atoms with Gasteiger partial charge in [0, 0.05) is 19.7 Å². The van der Waals surface area contributed by atoms with Crippen LogP contribution >= 0.6 is 0 Å². The highest BCUT2D eigenvalue weighted by Gasteiger charge is 2.09. The van der Waals surface area contributed by atoms with Crippen LogP contribution in [0.2, 0.25) is 0 Å². The number of carbonyl (C=O) groups excluding carboxylic acids is 1. The van der Waals surface area contributed by atoms with Gasteiger partial charge < -0.3 is 19.3 Å². The lowest BCUT2D eigenvalue weighted by atomic mass is 10.1. The number of unbranched alkanes of at least 4 members (excludes halogenated alkanes) is 4. The van der Waals surface area contributed by atoms with Crippen molar-refractivity contribution >= 4 is 5.97 Å². The largest absolute Gasteiger partial charge is 0.462 e. The van der Waals surface area contributed by atoms with Gasteiger partial charge in [-0.3, -0.25) is 0 Å². The molecule has 1 rings (SSSR count). The van der Waals surface area contributed by atoms with Crippen molar-refractivity contribution in [3.8, 4) is 0 Å². The first-order valence-electron chi connectivity index (χ1n) is 14.4. The molecule has 0 aliphatic heterocycles.